The number of nitrogens with zero attached hydrogens (tertiary/aromatic N) is 2. The van der Waals surface area contributed by atoms with E-state index in [1.807, 2.05) is 0 Å². The molecule has 1 aromatic heterocycles. The molecule has 1 saturated heterocycles. The molecule has 0 spiro atoms. The smallest absolute Gasteiger partial charge is 0.274 e. The molecule has 1 aliphatic carbocycles. The van der Waals surface area contributed by atoms with Crippen LogP contribution < -0.4 is 16.4 Å². The molecular weight excluding hydrogens is 402 g/mol. The third kappa shape index (κ3) is 5.65. The first kappa shape index (κ1) is 22.3. The summed E-state index contributed by atoms with van der Waals surface area (Å²) in [6.07, 6.45) is 10.6. The van der Waals surface area contributed by atoms with Gasteiger partial charge in [-0.1, -0.05) is 31.4 Å². The summed E-state index contributed by atoms with van der Waals surface area (Å²) in [5.74, 6) is 0.301. The van der Waals surface area contributed by atoms with Crippen LogP contribution in [0.25, 0.3) is 0 Å². The topological polar surface area (TPSA) is 100 Å². The van der Waals surface area contributed by atoms with Crippen molar-refractivity contribution in [3.05, 3.63) is 53.9 Å². The first-order valence-electron chi connectivity index (χ1n) is 11.7. The lowest BCUT2D eigenvalue weighted by molar-refractivity contribution is 0.0934. The molecule has 0 bridgehead atoms. The summed E-state index contributed by atoms with van der Waals surface area (Å²) in [5, 5.41) is 5.81. The number of para-hydroxylation sites is 2. The van der Waals surface area contributed by atoms with Crippen molar-refractivity contribution in [2.24, 2.45) is 5.92 Å². The highest BCUT2D eigenvalue weighted by Crippen LogP contribution is 2.27. The minimum atomic E-state index is -0.362. The van der Waals surface area contributed by atoms with Crippen LogP contribution in [0.5, 0.6) is 0 Å². The van der Waals surface area contributed by atoms with Crippen molar-refractivity contribution >= 4 is 23.2 Å². The molecule has 1 saturated carbocycles. The number of anilines is 2. The molecule has 2 aliphatic rings. The lowest BCUT2D eigenvalue weighted by atomic mass is 9.89. The number of nitrogens with two attached hydrogens (primary N) is 1. The van der Waals surface area contributed by atoms with Gasteiger partial charge in [0.2, 0.25) is 0 Å². The number of nitrogen functional groups attached to an aromatic ring is 1. The number of hydrogen-bond donors (Lipinski definition) is 3. The Kier molecular flexibility index (Phi) is 7.37. The fourth-order valence-electron chi connectivity index (χ4n) is 4.84. The van der Waals surface area contributed by atoms with Crippen molar-refractivity contribution in [1.29, 1.82) is 0 Å². The Labute approximate surface area is 189 Å². The summed E-state index contributed by atoms with van der Waals surface area (Å²) in [4.78, 5) is 31.8. The summed E-state index contributed by atoms with van der Waals surface area (Å²) in [7, 11) is 0. The SMILES string of the molecule is Nc1ccccc1NC(=O)c1ccc(C(=O)NCC2CCCN2CC2CCCCC2)cn1. The third-order valence-electron chi connectivity index (χ3n) is 6.68. The number of pyridine rings is 1. The highest BCUT2D eigenvalue weighted by Gasteiger charge is 2.27. The summed E-state index contributed by atoms with van der Waals surface area (Å²) < 4.78 is 0. The van der Waals surface area contributed by atoms with Crippen molar-refractivity contribution in [1.82, 2.24) is 15.2 Å². The fraction of sp³-hybridized carbons (Fsp3) is 0.480. The van der Waals surface area contributed by atoms with Crippen molar-refractivity contribution in [2.45, 2.75) is 51.0 Å². The number of amides is 2. The molecule has 7 heteroatoms. The largest absolute Gasteiger partial charge is 0.397 e. The van der Waals surface area contributed by atoms with E-state index < -0.39 is 0 Å². The van der Waals surface area contributed by atoms with E-state index in [4.69, 9.17) is 5.73 Å². The van der Waals surface area contributed by atoms with E-state index >= 15 is 0 Å². The number of likely N-dealkylation sites (tertiary alicyclic amines) is 1. The number of carbonyl (C=O) groups is 2. The minimum absolute atomic E-state index is 0.152. The first-order valence-corrected chi connectivity index (χ1v) is 11.7. The van der Waals surface area contributed by atoms with Gasteiger partial charge in [-0.15, -0.1) is 0 Å². The Bertz CT molecular complexity index is 924. The van der Waals surface area contributed by atoms with Crippen molar-refractivity contribution in [3.63, 3.8) is 0 Å². The predicted octanol–water partition coefficient (Wildman–Crippen LogP) is 3.69. The normalized spacial score (nSPS) is 19.6. The van der Waals surface area contributed by atoms with Gasteiger partial charge < -0.3 is 16.4 Å². The fourth-order valence-corrected chi connectivity index (χ4v) is 4.84. The Morgan fingerprint density at radius 2 is 1.81 bits per heavy atom. The van der Waals surface area contributed by atoms with Crippen LogP contribution in [0.2, 0.25) is 0 Å². The molecule has 4 rings (SSSR count). The van der Waals surface area contributed by atoms with Crippen LogP contribution in [0.3, 0.4) is 0 Å². The molecule has 1 aromatic carbocycles. The maximum Gasteiger partial charge on any atom is 0.274 e. The summed E-state index contributed by atoms with van der Waals surface area (Å²) in [6, 6.07) is 10.7. The predicted molar refractivity (Wildman–Crippen MR) is 127 cm³/mol. The van der Waals surface area contributed by atoms with E-state index in [1.165, 1.54) is 44.7 Å². The molecule has 1 aliphatic heterocycles. The molecule has 1 unspecified atom stereocenters. The standard InChI is InChI=1S/C25H33N5O2/c26-21-10-4-5-11-22(21)29-25(32)23-13-12-19(15-27-23)24(31)28-16-20-9-6-14-30(20)17-18-7-2-1-3-8-18/h4-5,10-13,15,18,20H,1-3,6-9,14,16-17,26H2,(H,28,31)(H,29,32). The third-order valence-corrected chi connectivity index (χ3v) is 6.68. The number of aromatic nitrogens is 1. The molecule has 4 N–H and O–H groups in total. The highest BCUT2D eigenvalue weighted by molar-refractivity contribution is 6.04. The monoisotopic (exact) mass is 435 g/mol. The van der Waals surface area contributed by atoms with E-state index in [-0.39, 0.29) is 17.5 Å². The Morgan fingerprint density at radius 3 is 2.56 bits per heavy atom. The molecule has 2 amide bonds. The van der Waals surface area contributed by atoms with E-state index in [9.17, 15) is 9.59 Å². The minimum Gasteiger partial charge on any atom is -0.397 e. The van der Waals surface area contributed by atoms with Crippen LogP contribution in [0, 0.1) is 5.92 Å². The van der Waals surface area contributed by atoms with Crippen LogP contribution in [-0.2, 0) is 0 Å². The Hall–Kier alpha value is -2.93. The molecular formula is C25H33N5O2. The lowest BCUT2D eigenvalue weighted by Gasteiger charge is -2.31. The zero-order chi connectivity index (χ0) is 22.3. The zero-order valence-corrected chi connectivity index (χ0v) is 18.6. The van der Waals surface area contributed by atoms with Crippen LogP contribution in [0.15, 0.2) is 42.6 Å². The number of nitrogens with one attached hydrogen (secondary N) is 2. The second-order valence-electron chi connectivity index (χ2n) is 8.98. The van der Waals surface area contributed by atoms with Crippen LogP contribution in [0.1, 0.15) is 65.8 Å². The molecule has 1 atom stereocenters. The molecule has 7 nitrogen and oxygen atoms in total. The van der Waals surface area contributed by atoms with E-state index in [0.29, 0.717) is 29.5 Å². The highest BCUT2D eigenvalue weighted by atomic mass is 16.2. The van der Waals surface area contributed by atoms with Crippen molar-refractivity contribution in [2.75, 3.05) is 30.7 Å². The Morgan fingerprint density at radius 1 is 1.00 bits per heavy atom. The van der Waals surface area contributed by atoms with Gasteiger partial charge in [0.25, 0.3) is 11.8 Å². The summed E-state index contributed by atoms with van der Waals surface area (Å²) in [6.45, 7) is 2.95. The van der Waals surface area contributed by atoms with Gasteiger partial charge >= 0.3 is 0 Å². The summed E-state index contributed by atoms with van der Waals surface area (Å²) >= 11 is 0. The molecule has 2 fully saturated rings. The van der Waals surface area contributed by atoms with Crippen LogP contribution >= 0.6 is 0 Å². The number of benzene rings is 1. The summed E-state index contributed by atoms with van der Waals surface area (Å²) in [5.41, 5.74) is 7.58. The van der Waals surface area contributed by atoms with Gasteiger partial charge in [0.15, 0.2) is 0 Å². The second kappa shape index (κ2) is 10.6. The number of hydrogen-bond acceptors (Lipinski definition) is 5. The van der Waals surface area contributed by atoms with E-state index in [0.717, 1.165) is 25.4 Å². The maximum atomic E-state index is 12.6. The molecule has 170 valence electrons. The van der Waals surface area contributed by atoms with Gasteiger partial charge in [-0.2, -0.15) is 0 Å². The maximum absolute atomic E-state index is 12.6. The average molecular weight is 436 g/mol. The Balaban J connectivity index is 1.28. The van der Waals surface area contributed by atoms with Crippen molar-refractivity contribution < 1.29 is 9.59 Å². The first-order chi connectivity index (χ1) is 15.6. The lowest BCUT2D eigenvalue weighted by Crippen LogP contribution is -2.42. The van der Waals surface area contributed by atoms with Gasteiger partial charge in [-0.25, -0.2) is 0 Å². The zero-order valence-electron chi connectivity index (χ0n) is 18.6. The average Bonchev–Trinajstić information content (AvgIpc) is 3.26. The van der Waals surface area contributed by atoms with Crippen molar-refractivity contribution in [3.8, 4) is 0 Å². The van der Waals surface area contributed by atoms with Crippen LogP contribution in [-0.4, -0.2) is 47.4 Å². The van der Waals surface area contributed by atoms with Gasteiger partial charge in [0.05, 0.1) is 16.9 Å². The second-order valence-corrected chi connectivity index (χ2v) is 8.98. The molecule has 2 aromatic rings. The van der Waals surface area contributed by atoms with E-state index in [1.54, 1.807) is 36.4 Å². The van der Waals surface area contributed by atoms with Gasteiger partial charge in [0.1, 0.15) is 5.69 Å². The van der Waals surface area contributed by atoms with Gasteiger partial charge in [-0.05, 0) is 62.4 Å². The van der Waals surface area contributed by atoms with Crippen LogP contribution in [0.4, 0.5) is 11.4 Å². The molecule has 2 heterocycles. The molecule has 0 radical (unpaired) electrons. The number of rotatable bonds is 7. The molecule has 32 heavy (non-hydrogen) atoms. The number of carbonyl (C=O) groups excluding carboxylic acids is 2. The van der Waals surface area contributed by atoms with Gasteiger partial charge in [0, 0.05) is 25.3 Å². The van der Waals surface area contributed by atoms with E-state index in [2.05, 4.69) is 20.5 Å². The quantitative estimate of drug-likeness (QED) is 0.576. The van der Waals surface area contributed by atoms with Gasteiger partial charge in [-0.3, -0.25) is 19.5 Å².